The third kappa shape index (κ3) is 3.72. The van der Waals surface area contributed by atoms with Gasteiger partial charge in [0.2, 0.25) is 5.91 Å². The summed E-state index contributed by atoms with van der Waals surface area (Å²) in [7, 11) is 3.47. The first kappa shape index (κ1) is 23.1. The van der Waals surface area contributed by atoms with Crippen molar-refractivity contribution in [3.63, 3.8) is 0 Å². The van der Waals surface area contributed by atoms with Crippen molar-refractivity contribution in [3.05, 3.63) is 69.2 Å². The second kappa shape index (κ2) is 8.72. The number of hydrogen-bond acceptors (Lipinski definition) is 2. The van der Waals surface area contributed by atoms with Crippen molar-refractivity contribution in [1.82, 2.24) is 10.2 Å². The van der Waals surface area contributed by atoms with Gasteiger partial charge in [0.05, 0.1) is 5.41 Å². The summed E-state index contributed by atoms with van der Waals surface area (Å²) in [6.07, 6.45) is 2.50. The summed E-state index contributed by atoms with van der Waals surface area (Å²) in [6, 6.07) is 13.7. The second-order valence-electron chi connectivity index (χ2n) is 9.46. The van der Waals surface area contributed by atoms with Crippen molar-refractivity contribution in [2.75, 3.05) is 14.1 Å². The zero-order chi connectivity index (χ0) is 23.2. The van der Waals surface area contributed by atoms with E-state index in [-0.39, 0.29) is 41.0 Å². The molecule has 2 aromatic carbocycles. The number of nitrogens with one attached hydrogen (secondary N) is 1. The van der Waals surface area contributed by atoms with Crippen molar-refractivity contribution in [2.24, 2.45) is 11.3 Å². The van der Waals surface area contributed by atoms with Crippen LogP contribution in [0.5, 0.6) is 0 Å². The Labute approximate surface area is 200 Å². The molecule has 4 rings (SSSR count). The normalized spacial score (nSPS) is 29.4. The third-order valence-electron chi connectivity index (χ3n) is 7.65. The number of fused-ring (bicyclic) bond motifs is 1. The second-order valence-corrected chi connectivity index (χ2v) is 10.3. The highest BCUT2D eigenvalue weighted by Crippen LogP contribution is 2.60. The number of carbonyl (C=O) groups excluding carboxylic acids is 2. The van der Waals surface area contributed by atoms with Crippen LogP contribution in [0.3, 0.4) is 0 Å². The predicted octanol–water partition coefficient (Wildman–Crippen LogP) is 5.89. The standard InChI is InChI=1S/C26H30Cl2N2O2/c1-5-26-13-12-20(19-11-8-17(14-21(19)28)24(31)30(3)4)22(16-6-9-18(27)10-7-16)23(26)15(2)29-25(26)32/h6-11,14-15,20,22-23H,5,12-13H2,1-4H3,(H,29,32)/t15-,20+,22+,23+,26-/m1/s1. The van der Waals surface area contributed by atoms with E-state index >= 15 is 0 Å². The van der Waals surface area contributed by atoms with E-state index < -0.39 is 0 Å². The Bertz CT molecular complexity index is 1040. The maximum atomic E-state index is 13.1. The highest BCUT2D eigenvalue weighted by molar-refractivity contribution is 6.32. The van der Waals surface area contributed by atoms with Crippen LogP contribution in [-0.2, 0) is 4.79 Å². The molecule has 4 nitrogen and oxygen atoms in total. The smallest absolute Gasteiger partial charge is 0.253 e. The Morgan fingerprint density at radius 1 is 1.16 bits per heavy atom. The van der Waals surface area contributed by atoms with Gasteiger partial charge < -0.3 is 10.2 Å². The molecule has 170 valence electrons. The highest BCUT2D eigenvalue weighted by Gasteiger charge is 2.59. The molecule has 1 aliphatic heterocycles. The molecular weight excluding hydrogens is 443 g/mol. The van der Waals surface area contributed by atoms with Gasteiger partial charge in [0.1, 0.15) is 0 Å². The first-order valence-electron chi connectivity index (χ1n) is 11.3. The van der Waals surface area contributed by atoms with E-state index in [9.17, 15) is 9.59 Å². The molecule has 1 saturated heterocycles. The fraction of sp³-hybridized carbons (Fsp3) is 0.462. The SMILES string of the molecule is CC[C@@]12CC[C@@H](c3ccc(C(=O)N(C)C)cc3Cl)[C@H](c3ccc(Cl)cc3)[C@@H]1[C@@H](C)NC2=O. The van der Waals surface area contributed by atoms with E-state index in [1.54, 1.807) is 25.1 Å². The Kier molecular flexibility index (Phi) is 6.30. The van der Waals surface area contributed by atoms with Gasteiger partial charge >= 0.3 is 0 Å². The largest absolute Gasteiger partial charge is 0.353 e. The van der Waals surface area contributed by atoms with Gasteiger partial charge in [0.15, 0.2) is 0 Å². The molecule has 2 fully saturated rings. The Morgan fingerprint density at radius 2 is 1.84 bits per heavy atom. The number of halogens is 2. The summed E-state index contributed by atoms with van der Waals surface area (Å²) in [5, 5.41) is 4.54. The number of hydrogen-bond donors (Lipinski definition) is 1. The minimum absolute atomic E-state index is 0.0688. The fourth-order valence-electron chi connectivity index (χ4n) is 6.11. The molecule has 0 spiro atoms. The Hall–Kier alpha value is -2.04. The van der Waals surface area contributed by atoms with Crippen molar-refractivity contribution < 1.29 is 9.59 Å². The van der Waals surface area contributed by atoms with E-state index in [0.717, 1.165) is 24.8 Å². The van der Waals surface area contributed by atoms with Gasteiger partial charge in [-0.2, -0.15) is 0 Å². The van der Waals surface area contributed by atoms with Crippen LogP contribution in [0.2, 0.25) is 10.0 Å². The van der Waals surface area contributed by atoms with E-state index in [0.29, 0.717) is 15.6 Å². The Morgan fingerprint density at radius 3 is 2.44 bits per heavy atom. The maximum absolute atomic E-state index is 13.1. The summed E-state index contributed by atoms with van der Waals surface area (Å²) in [6.45, 7) is 4.24. The summed E-state index contributed by atoms with van der Waals surface area (Å²) in [4.78, 5) is 27.1. The highest BCUT2D eigenvalue weighted by atomic mass is 35.5. The van der Waals surface area contributed by atoms with Gasteiger partial charge in [0, 0.05) is 41.7 Å². The molecule has 0 unspecified atom stereocenters. The molecular formula is C26H30Cl2N2O2. The van der Waals surface area contributed by atoms with Crippen LogP contribution >= 0.6 is 23.2 Å². The number of benzene rings is 2. The van der Waals surface area contributed by atoms with Crippen molar-refractivity contribution in [2.45, 2.75) is 51.0 Å². The molecule has 1 N–H and O–H groups in total. The van der Waals surface area contributed by atoms with Gasteiger partial charge in [-0.25, -0.2) is 0 Å². The van der Waals surface area contributed by atoms with Crippen LogP contribution in [0.25, 0.3) is 0 Å². The van der Waals surface area contributed by atoms with Crippen LogP contribution in [0.15, 0.2) is 42.5 Å². The van der Waals surface area contributed by atoms with E-state index in [2.05, 4.69) is 31.3 Å². The Balaban J connectivity index is 1.82. The monoisotopic (exact) mass is 472 g/mol. The van der Waals surface area contributed by atoms with E-state index in [1.807, 2.05) is 24.3 Å². The lowest BCUT2D eigenvalue weighted by molar-refractivity contribution is -0.131. The van der Waals surface area contributed by atoms with Gasteiger partial charge in [-0.1, -0.05) is 48.3 Å². The quantitative estimate of drug-likeness (QED) is 0.602. The zero-order valence-corrected chi connectivity index (χ0v) is 20.5. The fourth-order valence-corrected chi connectivity index (χ4v) is 6.56. The molecule has 5 atom stereocenters. The van der Waals surface area contributed by atoms with Gasteiger partial charge in [-0.3, -0.25) is 9.59 Å². The molecule has 1 saturated carbocycles. The van der Waals surface area contributed by atoms with Crippen LogP contribution < -0.4 is 5.32 Å². The summed E-state index contributed by atoms with van der Waals surface area (Å²) in [5.74, 6) is 0.516. The summed E-state index contributed by atoms with van der Waals surface area (Å²) in [5.41, 5.74) is 2.43. The van der Waals surface area contributed by atoms with Crippen LogP contribution in [0.4, 0.5) is 0 Å². The topological polar surface area (TPSA) is 49.4 Å². The molecule has 6 heteroatoms. The molecule has 1 heterocycles. The predicted molar refractivity (Wildman–Crippen MR) is 129 cm³/mol. The summed E-state index contributed by atoms with van der Waals surface area (Å²) >= 11 is 13.0. The van der Waals surface area contributed by atoms with Gasteiger partial charge in [-0.15, -0.1) is 0 Å². The molecule has 2 amide bonds. The minimum atomic E-state index is -0.368. The first-order chi connectivity index (χ1) is 15.2. The van der Waals surface area contributed by atoms with Crippen molar-refractivity contribution >= 4 is 35.0 Å². The zero-order valence-electron chi connectivity index (χ0n) is 19.0. The van der Waals surface area contributed by atoms with Crippen LogP contribution in [0, 0.1) is 11.3 Å². The lowest BCUT2D eigenvalue weighted by Crippen LogP contribution is -2.43. The minimum Gasteiger partial charge on any atom is -0.353 e. The van der Waals surface area contributed by atoms with Gasteiger partial charge in [-0.05, 0) is 73.4 Å². The van der Waals surface area contributed by atoms with Crippen LogP contribution in [-0.4, -0.2) is 36.9 Å². The molecule has 2 aliphatic rings. The third-order valence-corrected chi connectivity index (χ3v) is 8.23. The lowest BCUT2D eigenvalue weighted by Gasteiger charge is -2.47. The number of carbonyl (C=O) groups is 2. The van der Waals surface area contributed by atoms with Crippen LogP contribution in [0.1, 0.15) is 66.4 Å². The molecule has 0 bridgehead atoms. The molecule has 2 aromatic rings. The number of nitrogens with zero attached hydrogens (tertiary/aromatic N) is 1. The average molecular weight is 473 g/mol. The lowest BCUT2D eigenvalue weighted by atomic mass is 9.54. The summed E-state index contributed by atoms with van der Waals surface area (Å²) < 4.78 is 0. The molecule has 32 heavy (non-hydrogen) atoms. The number of rotatable bonds is 4. The van der Waals surface area contributed by atoms with Crippen molar-refractivity contribution in [1.29, 1.82) is 0 Å². The van der Waals surface area contributed by atoms with Gasteiger partial charge in [0.25, 0.3) is 5.91 Å². The number of amides is 2. The molecule has 1 aliphatic carbocycles. The van der Waals surface area contributed by atoms with Crippen molar-refractivity contribution in [3.8, 4) is 0 Å². The van der Waals surface area contributed by atoms with E-state index in [1.165, 1.54) is 5.56 Å². The molecule has 0 radical (unpaired) electrons. The molecule has 0 aromatic heterocycles. The average Bonchev–Trinajstić information content (AvgIpc) is 3.03. The van der Waals surface area contributed by atoms with E-state index in [4.69, 9.17) is 23.2 Å². The maximum Gasteiger partial charge on any atom is 0.253 e. The first-order valence-corrected chi connectivity index (χ1v) is 12.0.